The number of primary sulfonamides is 1. The molecule has 5 rings (SSSR count). The molecule has 0 bridgehead atoms. The Hall–Kier alpha value is -2.44. The fraction of sp³-hybridized carbons (Fsp3) is 0.348. The van der Waals surface area contributed by atoms with Crippen molar-refractivity contribution in [3.63, 3.8) is 0 Å². The number of aromatic nitrogens is 1. The van der Waals surface area contributed by atoms with Crippen molar-refractivity contribution in [2.24, 2.45) is 16.8 Å². The normalized spacial score (nSPS) is 22.1. The van der Waals surface area contributed by atoms with Gasteiger partial charge in [-0.25, -0.2) is 24.4 Å². The second-order valence-corrected chi connectivity index (χ2v) is 10.4. The molecule has 0 amide bonds. The quantitative estimate of drug-likeness (QED) is 0.332. The van der Waals surface area contributed by atoms with Gasteiger partial charge in [-0.15, -0.1) is 0 Å². The first kappa shape index (κ1) is 22.4. The molecule has 0 unspecified atom stereocenters. The molecule has 2 aliphatic rings. The van der Waals surface area contributed by atoms with Crippen molar-refractivity contribution < 1.29 is 8.42 Å². The van der Waals surface area contributed by atoms with Crippen molar-refractivity contribution in [1.29, 1.82) is 0 Å². The molecule has 10 heteroatoms. The van der Waals surface area contributed by atoms with Crippen LogP contribution in [0, 0.1) is 5.92 Å². The van der Waals surface area contributed by atoms with Crippen LogP contribution in [0.2, 0.25) is 0 Å². The number of fused-ring (bicyclic) bond motifs is 1. The molecule has 0 spiro atoms. The first-order valence-corrected chi connectivity index (χ1v) is 12.8. The van der Waals surface area contributed by atoms with Crippen LogP contribution in [0.5, 0.6) is 0 Å². The minimum atomic E-state index is -4.02. The highest BCUT2D eigenvalue weighted by Crippen LogP contribution is 2.39. The summed E-state index contributed by atoms with van der Waals surface area (Å²) in [6, 6.07) is 13.9. The third kappa shape index (κ3) is 4.51. The summed E-state index contributed by atoms with van der Waals surface area (Å²) in [4.78, 5) is 4.63. The molecule has 174 valence electrons. The van der Waals surface area contributed by atoms with Gasteiger partial charge in [0.25, 0.3) is 0 Å². The molecule has 1 aliphatic carbocycles. The highest BCUT2D eigenvalue weighted by Gasteiger charge is 2.31. The molecule has 0 atom stereocenters. The Bertz CT molecular complexity index is 1260. The lowest BCUT2D eigenvalue weighted by atomic mass is 9.82. The Morgan fingerprint density at radius 1 is 0.939 bits per heavy atom. The number of nitrogens with two attached hydrogens (primary N) is 2. The van der Waals surface area contributed by atoms with Crippen LogP contribution in [0.25, 0.3) is 22.0 Å². The van der Waals surface area contributed by atoms with Gasteiger partial charge in [-0.05, 0) is 66.8 Å². The third-order valence-electron chi connectivity index (χ3n) is 6.69. The SMILES string of the molecule is NC1CCC(Cc2ccc(-c3ccnc4ccccc34)c(C3NNNN3)c2S(N)(=O)=O)CC1. The highest BCUT2D eigenvalue weighted by molar-refractivity contribution is 7.89. The van der Waals surface area contributed by atoms with E-state index in [1.54, 1.807) is 6.20 Å². The molecular weight excluding hydrogens is 438 g/mol. The summed E-state index contributed by atoms with van der Waals surface area (Å²) in [5, 5.41) is 6.80. The fourth-order valence-corrected chi connectivity index (χ4v) is 6.15. The standard InChI is InChI=1S/C23H29N7O2S/c24-16-8-5-14(6-9-16)13-15-7-10-19(17-11-12-26-20-4-2-1-3-18(17)20)21(22(15)33(25,31)32)23-27-29-30-28-23/h1-4,7,10-12,14,16,23,27-30H,5-6,8-9,13,24H2,(H2,25,31,32). The average molecular weight is 468 g/mol. The molecule has 1 saturated carbocycles. The Morgan fingerprint density at radius 2 is 1.67 bits per heavy atom. The van der Waals surface area contributed by atoms with Crippen molar-refractivity contribution in [2.45, 2.75) is 49.2 Å². The topological polar surface area (TPSA) is 147 Å². The maximum Gasteiger partial charge on any atom is 0.238 e. The zero-order valence-corrected chi connectivity index (χ0v) is 19.0. The number of benzene rings is 2. The van der Waals surface area contributed by atoms with E-state index in [4.69, 9.17) is 10.9 Å². The summed E-state index contributed by atoms with van der Waals surface area (Å²) in [6.07, 6.45) is 5.77. The minimum Gasteiger partial charge on any atom is -0.328 e. The number of hydrogen-bond acceptors (Lipinski definition) is 8. The zero-order chi connectivity index (χ0) is 23.0. The predicted octanol–water partition coefficient (Wildman–Crippen LogP) is 1.72. The van der Waals surface area contributed by atoms with Crippen LogP contribution >= 0.6 is 0 Å². The second kappa shape index (κ2) is 9.07. The molecular formula is C23H29N7O2S. The van der Waals surface area contributed by atoms with E-state index in [0.717, 1.165) is 53.3 Å². The predicted molar refractivity (Wildman–Crippen MR) is 127 cm³/mol. The van der Waals surface area contributed by atoms with Crippen molar-refractivity contribution >= 4 is 20.9 Å². The van der Waals surface area contributed by atoms with Crippen LogP contribution in [0.4, 0.5) is 0 Å². The summed E-state index contributed by atoms with van der Waals surface area (Å²) >= 11 is 0. The molecule has 2 aromatic carbocycles. The smallest absolute Gasteiger partial charge is 0.238 e. The van der Waals surface area contributed by atoms with Crippen molar-refractivity contribution in [2.75, 3.05) is 0 Å². The molecule has 2 fully saturated rings. The van der Waals surface area contributed by atoms with Crippen LogP contribution in [0.15, 0.2) is 53.6 Å². The van der Waals surface area contributed by atoms with E-state index in [1.165, 1.54) is 0 Å². The fourth-order valence-electron chi connectivity index (χ4n) is 5.09. The highest BCUT2D eigenvalue weighted by atomic mass is 32.2. The Balaban J connectivity index is 1.70. The van der Waals surface area contributed by atoms with Gasteiger partial charge < -0.3 is 5.73 Å². The van der Waals surface area contributed by atoms with Gasteiger partial charge in [0.2, 0.25) is 10.0 Å². The van der Waals surface area contributed by atoms with Crippen molar-refractivity contribution in [3.8, 4) is 11.1 Å². The maximum absolute atomic E-state index is 13.0. The summed E-state index contributed by atoms with van der Waals surface area (Å²) in [6.45, 7) is 0. The van der Waals surface area contributed by atoms with E-state index in [2.05, 4.69) is 26.9 Å². The molecule has 1 aliphatic heterocycles. The molecule has 1 saturated heterocycles. The summed E-state index contributed by atoms with van der Waals surface area (Å²) in [5.74, 6) is 0.381. The van der Waals surface area contributed by atoms with Gasteiger partial charge >= 0.3 is 0 Å². The Labute approximate surface area is 193 Å². The summed E-state index contributed by atoms with van der Waals surface area (Å²) in [5.41, 5.74) is 21.6. The van der Waals surface area contributed by atoms with Gasteiger partial charge in [0.05, 0.1) is 10.4 Å². The van der Waals surface area contributed by atoms with Gasteiger partial charge in [-0.1, -0.05) is 30.3 Å². The van der Waals surface area contributed by atoms with E-state index in [1.807, 2.05) is 42.5 Å². The number of pyridine rings is 1. The number of rotatable bonds is 5. The van der Waals surface area contributed by atoms with Gasteiger partial charge in [0.15, 0.2) is 0 Å². The average Bonchev–Trinajstić information content (AvgIpc) is 3.34. The van der Waals surface area contributed by atoms with Crippen LogP contribution in [-0.4, -0.2) is 19.4 Å². The second-order valence-electron chi connectivity index (χ2n) is 8.89. The van der Waals surface area contributed by atoms with E-state index < -0.39 is 16.2 Å². The van der Waals surface area contributed by atoms with E-state index in [0.29, 0.717) is 17.9 Å². The lowest BCUT2D eigenvalue weighted by Crippen LogP contribution is -2.33. The van der Waals surface area contributed by atoms with Crippen LogP contribution < -0.4 is 32.8 Å². The monoisotopic (exact) mass is 467 g/mol. The van der Waals surface area contributed by atoms with E-state index in [9.17, 15) is 8.42 Å². The van der Waals surface area contributed by atoms with Crippen LogP contribution in [0.1, 0.15) is 43.0 Å². The molecule has 33 heavy (non-hydrogen) atoms. The van der Waals surface area contributed by atoms with Gasteiger partial charge in [-0.3, -0.25) is 4.98 Å². The Morgan fingerprint density at radius 3 is 2.39 bits per heavy atom. The number of hydrazine groups is 3. The minimum absolute atomic E-state index is 0.172. The first-order chi connectivity index (χ1) is 15.9. The number of sulfonamides is 1. The first-order valence-electron chi connectivity index (χ1n) is 11.2. The van der Waals surface area contributed by atoms with Crippen molar-refractivity contribution in [1.82, 2.24) is 26.9 Å². The number of nitrogens with one attached hydrogen (secondary N) is 4. The molecule has 8 N–H and O–H groups in total. The molecule has 2 heterocycles. The van der Waals surface area contributed by atoms with E-state index in [-0.39, 0.29) is 10.9 Å². The van der Waals surface area contributed by atoms with Crippen LogP contribution in [-0.2, 0) is 16.4 Å². The molecule has 3 aromatic rings. The summed E-state index contributed by atoms with van der Waals surface area (Å²) in [7, 11) is -4.02. The molecule has 1 aromatic heterocycles. The maximum atomic E-state index is 13.0. The zero-order valence-electron chi connectivity index (χ0n) is 18.2. The van der Waals surface area contributed by atoms with Crippen LogP contribution in [0.3, 0.4) is 0 Å². The van der Waals surface area contributed by atoms with E-state index >= 15 is 0 Å². The van der Waals surface area contributed by atoms with Gasteiger partial charge in [0, 0.05) is 23.2 Å². The lowest BCUT2D eigenvalue weighted by molar-refractivity contribution is 0.323. The molecule has 0 radical (unpaired) electrons. The van der Waals surface area contributed by atoms with Gasteiger partial charge in [-0.2, -0.15) is 11.1 Å². The number of hydrogen-bond donors (Lipinski definition) is 6. The van der Waals surface area contributed by atoms with Crippen molar-refractivity contribution in [3.05, 3.63) is 59.8 Å². The Kier molecular flexibility index (Phi) is 6.14. The molecule has 9 nitrogen and oxygen atoms in total. The largest absolute Gasteiger partial charge is 0.328 e. The third-order valence-corrected chi connectivity index (χ3v) is 7.74. The lowest BCUT2D eigenvalue weighted by Gasteiger charge is -2.28. The summed E-state index contributed by atoms with van der Waals surface area (Å²) < 4.78 is 26.0. The number of nitrogens with zero attached hydrogens (tertiary/aromatic N) is 1. The number of para-hydroxylation sites is 1. The van der Waals surface area contributed by atoms with Gasteiger partial charge in [0.1, 0.15) is 6.17 Å².